The van der Waals surface area contributed by atoms with Crippen LogP contribution in [0.5, 0.6) is 5.75 Å². The van der Waals surface area contributed by atoms with Gasteiger partial charge in [-0.1, -0.05) is 18.7 Å². The van der Waals surface area contributed by atoms with Crippen molar-refractivity contribution in [3.8, 4) is 5.75 Å². The lowest BCUT2D eigenvalue weighted by molar-refractivity contribution is -0.123. The summed E-state index contributed by atoms with van der Waals surface area (Å²) in [6.45, 7) is 5.60. The molecule has 0 spiro atoms. The van der Waals surface area contributed by atoms with Crippen molar-refractivity contribution in [3.63, 3.8) is 0 Å². The Balaban J connectivity index is 2.10. The van der Waals surface area contributed by atoms with Gasteiger partial charge in [-0.3, -0.25) is 4.79 Å². The first-order valence-electron chi connectivity index (χ1n) is 5.85. The third-order valence-electron chi connectivity index (χ3n) is 3.09. The zero-order chi connectivity index (χ0) is 12.3. The quantitative estimate of drug-likeness (QED) is 0.747. The third kappa shape index (κ3) is 2.49. The number of ether oxygens (including phenoxy) is 1. The molecule has 0 atom stereocenters. The lowest BCUT2D eigenvalue weighted by Gasteiger charge is -2.16. The van der Waals surface area contributed by atoms with Crippen molar-refractivity contribution < 1.29 is 9.53 Å². The SMILES string of the molecule is C=C(C(=O)N1CCCC1)c1ccc(OC)cc1. The van der Waals surface area contributed by atoms with Crippen LogP contribution in [0.25, 0.3) is 5.57 Å². The molecule has 1 aliphatic heterocycles. The van der Waals surface area contributed by atoms with Crippen molar-refractivity contribution in [1.82, 2.24) is 4.90 Å². The summed E-state index contributed by atoms with van der Waals surface area (Å²) in [6, 6.07) is 7.43. The molecule has 0 unspecified atom stereocenters. The average Bonchev–Trinajstić information content (AvgIpc) is 2.91. The third-order valence-corrected chi connectivity index (χ3v) is 3.09. The van der Waals surface area contributed by atoms with Crippen molar-refractivity contribution in [2.24, 2.45) is 0 Å². The molecule has 1 aromatic rings. The lowest BCUT2D eigenvalue weighted by atomic mass is 10.1. The van der Waals surface area contributed by atoms with Gasteiger partial charge in [-0.15, -0.1) is 0 Å². The maximum atomic E-state index is 12.1. The molecule has 0 aromatic heterocycles. The van der Waals surface area contributed by atoms with Gasteiger partial charge in [0.1, 0.15) is 5.75 Å². The molecule has 1 heterocycles. The van der Waals surface area contributed by atoms with Crippen LogP contribution in [0, 0.1) is 0 Å². The Labute approximate surface area is 102 Å². The number of carbonyl (C=O) groups excluding carboxylic acids is 1. The summed E-state index contributed by atoms with van der Waals surface area (Å²) in [6.07, 6.45) is 2.20. The monoisotopic (exact) mass is 231 g/mol. The highest BCUT2D eigenvalue weighted by atomic mass is 16.5. The van der Waals surface area contributed by atoms with Crippen LogP contribution in [0.3, 0.4) is 0 Å². The fraction of sp³-hybridized carbons (Fsp3) is 0.357. The van der Waals surface area contributed by atoms with Gasteiger partial charge in [-0.25, -0.2) is 0 Å². The number of amides is 1. The van der Waals surface area contributed by atoms with Crippen molar-refractivity contribution in [2.75, 3.05) is 20.2 Å². The van der Waals surface area contributed by atoms with Crippen molar-refractivity contribution in [2.45, 2.75) is 12.8 Å². The molecular weight excluding hydrogens is 214 g/mol. The summed E-state index contributed by atoms with van der Waals surface area (Å²) >= 11 is 0. The lowest BCUT2D eigenvalue weighted by Crippen LogP contribution is -2.28. The van der Waals surface area contributed by atoms with Crippen LogP contribution in [-0.2, 0) is 4.79 Å². The molecule has 0 aliphatic carbocycles. The van der Waals surface area contributed by atoms with Crippen LogP contribution in [0.1, 0.15) is 18.4 Å². The largest absolute Gasteiger partial charge is 0.497 e. The van der Waals surface area contributed by atoms with Crippen LogP contribution >= 0.6 is 0 Å². The van der Waals surface area contributed by atoms with Crippen LogP contribution < -0.4 is 4.74 Å². The number of hydrogen-bond acceptors (Lipinski definition) is 2. The molecule has 1 amide bonds. The fourth-order valence-electron chi connectivity index (χ4n) is 2.03. The van der Waals surface area contributed by atoms with Crippen LogP contribution in [-0.4, -0.2) is 31.0 Å². The van der Waals surface area contributed by atoms with E-state index in [4.69, 9.17) is 4.74 Å². The predicted octanol–water partition coefficient (Wildman–Crippen LogP) is 2.33. The summed E-state index contributed by atoms with van der Waals surface area (Å²) in [7, 11) is 1.62. The summed E-state index contributed by atoms with van der Waals surface area (Å²) < 4.78 is 5.08. The van der Waals surface area contributed by atoms with E-state index >= 15 is 0 Å². The van der Waals surface area contributed by atoms with Gasteiger partial charge in [-0.05, 0) is 30.5 Å². The van der Waals surface area contributed by atoms with Crippen molar-refractivity contribution >= 4 is 11.5 Å². The van der Waals surface area contributed by atoms with Crippen molar-refractivity contribution in [3.05, 3.63) is 36.4 Å². The molecule has 2 rings (SSSR count). The van der Waals surface area contributed by atoms with E-state index < -0.39 is 0 Å². The molecule has 0 saturated carbocycles. The molecule has 0 radical (unpaired) electrons. The normalized spacial score (nSPS) is 14.8. The van der Waals surface area contributed by atoms with E-state index in [-0.39, 0.29) is 5.91 Å². The fourth-order valence-corrected chi connectivity index (χ4v) is 2.03. The second-order valence-corrected chi connectivity index (χ2v) is 4.21. The molecule has 1 fully saturated rings. The Morgan fingerprint density at radius 1 is 1.24 bits per heavy atom. The second kappa shape index (κ2) is 5.04. The van der Waals surface area contributed by atoms with E-state index in [2.05, 4.69) is 6.58 Å². The highest BCUT2D eigenvalue weighted by Gasteiger charge is 2.20. The molecule has 0 bridgehead atoms. The summed E-state index contributed by atoms with van der Waals surface area (Å²) in [5.41, 5.74) is 1.43. The number of benzene rings is 1. The standard InChI is InChI=1S/C14H17NO2/c1-11(14(16)15-9-3-4-10-15)12-5-7-13(17-2)8-6-12/h5-8H,1,3-4,9-10H2,2H3. The molecular formula is C14H17NO2. The van der Waals surface area contributed by atoms with Crippen LogP contribution in [0.4, 0.5) is 0 Å². The zero-order valence-electron chi connectivity index (χ0n) is 10.1. The Bertz CT molecular complexity index is 416. The molecule has 0 N–H and O–H groups in total. The van der Waals surface area contributed by atoms with Gasteiger partial charge in [0.2, 0.25) is 0 Å². The Morgan fingerprint density at radius 2 is 1.82 bits per heavy atom. The van der Waals surface area contributed by atoms with Crippen molar-refractivity contribution in [1.29, 1.82) is 0 Å². The highest BCUT2D eigenvalue weighted by Crippen LogP contribution is 2.21. The molecule has 1 aromatic carbocycles. The van der Waals surface area contributed by atoms with Gasteiger partial charge in [-0.2, -0.15) is 0 Å². The number of carbonyl (C=O) groups is 1. The topological polar surface area (TPSA) is 29.5 Å². The van der Waals surface area contributed by atoms with E-state index in [0.717, 1.165) is 37.2 Å². The van der Waals surface area contributed by atoms with E-state index in [1.165, 1.54) is 0 Å². The number of rotatable bonds is 3. The van der Waals surface area contributed by atoms with Crippen LogP contribution in [0.2, 0.25) is 0 Å². The van der Waals surface area contributed by atoms with Crippen LogP contribution in [0.15, 0.2) is 30.8 Å². The molecule has 3 nitrogen and oxygen atoms in total. The summed E-state index contributed by atoms with van der Waals surface area (Å²) in [5, 5.41) is 0. The Kier molecular flexibility index (Phi) is 3.47. The van der Waals surface area contributed by atoms with Gasteiger partial charge in [0, 0.05) is 18.7 Å². The van der Waals surface area contributed by atoms with Gasteiger partial charge < -0.3 is 9.64 Å². The zero-order valence-corrected chi connectivity index (χ0v) is 10.1. The van der Waals surface area contributed by atoms with E-state index in [1.54, 1.807) is 7.11 Å². The molecule has 90 valence electrons. The Morgan fingerprint density at radius 3 is 2.35 bits per heavy atom. The number of hydrogen-bond donors (Lipinski definition) is 0. The predicted molar refractivity (Wildman–Crippen MR) is 67.8 cm³/mol. The maximum Gasteiger partial charge on any atom is 0.253 e. The first-order valence-corrected chi connectivity index (χ1v) is 5.85. The molecule has 1 aliphatic rings. The smallest absolute Gasteiger partial charge is 0.253 e. The van der Waals surface area contributed by atoms with E-state index in [9.17, 15) is 4.79 Å². The second-order valence-electron chi connectivity index (χ2n) is 4.21. The highest BCUT2D eigenvalue weighted by molar-refractivity contribution is 6.18. The number of nitrogens with zero attached hydrogens (tertiary/aromatic N) is 1. The van der Waals surface area contributed by atoms with Gasteiger partial charge >= 0.3 is 0 Å². The number of likely N-dealkylation sites (tertiary alicyclic amines) is 1. The minimum Gasteiger partial charge on any atom is -0.497 e. The minimum absolute atomic E-state index is 0.0488. The molecule has 17 heavy (non-hydrogen) atoms. The summed E-state index contributed by atoms with van der Waals surface area (Å²) in [5.74, 6) is 0.836. The maximum absolute atomic E-state index is 12.1. The van der Waals surface area contributed by atoms with E-state index in [1.807, 2.05) is 29.2 Å². The van der Waals surface area contributed by atoms with Gasteiger partial charge in [0.25, 0.3) is 5.91 Å². The summed E-state index contributed by atoms with van der Waals surface area (Å²) in [4.78, 5) is 14.0. The molecule has 1 saturated heterocycles. The minimum atomic E-state index is 0.0488. The average molecular weight is 231 g/mol. The van der Waals surface area contributed by atoms with Gasteiger partial charge in [0.05, 0.1) is 7.11 Å². The first kappa shape index (κ1) is 11.7. The van der Waals surface area contributed by atoms with E-state index in [0.29, 0.717) is 5.57 Å². The Hall–Kier alpha value is -1.77. The molecule has 3 heteroatoms. The first-order chi connectivity index (χ1) is 8.22. The van der Waals surface area contributed by atoms with Gasteiger partial charge in [0.15, 0.2) is 0 Å². The number of methoxy groups -OCH3 is 1.